The van der Waals surface area contributed by atoms with E-state index in [-0.39, 0.29) is 17.9 Å². The molecule has 1 fully saturated rings. The molecule has 0 spiro atoms. The number of aliphatic hydroxyl groups excluding tert-OH is 1. The topological polar surface area (TPSA) is 70.5 Å². The molecule has 28 heavy (non-hydrogen) atoms. The molecular weight excluding hydrogens is 440 g/mol. The van der Waals surface area contributed by atoms with Gasteiger partial charge in [0.05, 0.1) is 17.8 Å². The molecule has 1 saturated heterocycles. The molecule has 2 aromatic heterocycles. The summed E-state index contributed by atoms with van der Waals surface area (Å²) in [4.78, 5) is 32.5. The average Bonchev–Trinajstić information content (AvgIpc) is 3.31. The van der Waals surface area contributed by atoms with Crippen LogP contribution in [0.25, 0.3) is 5.76 Å². The molecular formula is C21H15BrN2O3S. The molecule has 5 nitrogen and oxygen atoms in total. The molecule has 140 valence electrons. The van der Waals surface area contributed by atoms with Gasteiger partial charge < -0.3 is 10.0 Å². The Balaban J connectivity index is 1.85. The summed E-state index contributed by atoms with van der Waals surface area (Å²) in [6, 6.07) is 15.3. The van der Waals surface area contributed by atoms with Gasteiger partial charge in [0.1, 0.15) is 11.8 Å². The first-order valence-corrected chi connectivity index (χ1v) is 10.2. The smallest absolute Gasteiger partial charge is 0.296 e. The Morgan fingerprint density at radius 2 is 1.89 bits per heavy atom. The first-order chi connectivity index (χ1) is 13.6. The normalized spacial score (nSPS) is 18.6. The molecule has 0 aliphatic carbocycles. The van der Waals surface area contributed by atoms with Gasteiger partial charge in [0.15, 0.2) is 0 Å². The van der Waals surface area contributed by atoms with Crippen molar-refractivity contribution in [2.45, 2.75) is 12.6 Å². The van der Waals surface area contributed by atoms with E-state index in [0.717, 1.165) is 9.35 Å². The number of rotatable bonds is 4. The quantitative estimate of drug-likeness (QED) is 0.357. The van der Waals surface area contributed by atoms with Crippen molar-refractivity contribution in [3.8, 4) is 0 Å². The monoisotopic (exact) mass is 454 g/mol. The number of likely N-dealkylation sites (tertiary alicyclic amines) is 1. The van der Waals surface area contributed by atoms with Crippen molar-refractivity contribution in [1.29, 1.82) is 0 Å². The van der Waals surface area contributed by atoms with Gasteiger partial charge >= 0.3 is 0 Å². The maximum Gasteiger partial charge on any atom is 0.296 e. The zero-order chi connectivity index (χ0) is 19.7. The summed E-state index contributed by atoms with van der Waals surface area (Å²) >= 11 is 4.86. The highest BCUT2D eigenvalue weighted by Gasteiger charge is 2.46. The molecule has 4 rings (SSSR count). The van der Waals surface area contributed by atoms with Crippen LogP contribution in [0.2, 0.25) is 0 Å². The molecule has 1 aliphatic heterocycles. The van der Waals surface area contributed by atoms with Crippen molar-refractivity contribution in [3.05, 3.63) is 92.4 Å². The van der Waals surface area contributed by atoms with Crippen LogP contribution in [0.5, 0.6) is 0 Å². The zero-order valence-corrected chi connectivity index (χ0v) is 17.0. The summed E-state index contributed by atoms with van der Waals surface area (Å²) in [5.74, 6) is -1.54. The van der Waals surface area contributed by atoms with E-state index in [1.54, 1.807) is 48.7 Å². The number of aromatic nitrogens is 1. The van der Waals surface area contributed by atoms with Gasteiger partial charge in [0, 0.05) is 21.1 Å². The van der Waals surface area contributed by atoms with Crippen molar-refractivity contribution in [2.75, 3.05) is 0 Å². The number of halogens is 1. The molecule has 1 aliphatic rings. The molecule has 0 bridgehead atoms. The van der Waals surface area contributed by atoms with Crippen LogP contribution < -0.4 is 0 Å². The van der Waals surface area contributed by atoms with Crippen molar-refractivity contribution >= 4 is 44.7 Å². The van der Waals surface area contributed by atoms with E-state index in [4.69, 9.17) is 0 Å². The number of nitrogens with zero attached hydrogens (tertiary/aromatic N) is 2. The second-order valence-electron chi connectivity index (χ2n) is 6.27. The molecule has 1 amide bonds. The van der Waals surface area contributed by atoms with Crippen molar-refractivity contribution in [2.24, 2.45) is 0 Å². The summed E-state index contributed by atoms with van der Waals surface area (Å²) in [7, 11) is 0. The highest BCUT2D eigenvalue weighted by Crippen LogP contribution is 2.39. The number of carbonyl (C=O) groups is 2. The van der Waals surface area contributed by atoms with Crippen LogP contribution in [0.3, 0.4) is 0 Å². The number of ketones is 1. The molecule has 0 radical (unpaired) electrons. The SMILES string of the molecule is O=C1C(=O)N(Cc2cccs2)C(c2ccccn2)/C1=C(/O)c1ccc(Br)cc1. The number of carbonyl (C=O) groups excluding carboxylic acids is 2. The van der Waals surface area contributed by atoms with Crippen LogP contribution in [0.1, 0.15) is 22.2 Å². The Morgan fingerprint density at radius 1 is 1.11 bits per heavy atom. The fourth-order valence-corrected chi connectivity index (χ4v) is 4.19. The predicted molar refractivity (Wildman–Crippen MR) is 111 cm³/mol. The lowest BCUT2D eigenvalue weighted by atomic mass is 9.98. The van der Waals surface area contributed by atoms with E-state index in [2.05, 4.69) is 20.9 Å². The average molecular weight is 455 g/mol. The molecule has 0 saturated carbocycles. The van der Waals surface area contributed by atoms with E-state index in [0.29, 0.717) is 11.3 Å². The number of benzene rings is 1. The van der Waals surface area contributed by atoms with Gasteiger partial charge in [-0.15, -0.1) is 11.3 Å². The molecule has 1 aromatic carbocycles. The lowest BCUT2D eigenvalue weighted by molar-refractivity contribution is -0.140. The minimum Gasteiger partial charge on any atom is -0.507 e. The van der Waals surface area contributed by atoms with Gasteiger partial charge in [-0.3, -0.25) is 14.6 Å². The number of thiophene rings is 1. The van der Waals surface area contributed by atoms with Gasteiger partial charge in [0.2, 0.25) is 0 Å². The maximum absolute atomic E-state index is 12.9. The number of hydrogen-bond acceptors (Lipinski definition) is 5. The number of Topliss-reactive ketones (excluding diaryl/α,β-unsaturated/α-hetero) is 1. The van der Waals surface area contributed by atoms with E-state index in [9.17, 15) is 14.7 Å². The van der Waals surface area contributed by atoms with E-state index < -0.39 is 17.7 Å². The van der Waals surface area contributed by atoms with Crippen LogP contribution in [0.4, 0.5) is 0 Å². The minimum atomic E-state index is -0.744. The number of hydrogen-bond donors (Lipinski definition) is 1. The summed E-state index contributed by atoms with van der Waals surface area (Å²) in [5.41, 5.74) is 1.07. The Kier molecular flexibility index (Phi) is 5.11. The van der Waals surface area contributed by atoms with Crippen molar-refractivity contribution < 1.29 is 14.7 Å². The fraction of sp³-hybridized carbons (Fsp3) is 0.0952. The molecule has 3 heterocycles. The lowest BCUT2D eigenvalue weighted by Crippen LogP contribution is -2.29. The predicted octanol–water partition coefficient (Wildman–Crippen LogP) is 4.53. The standard InChI is InChI=1S/C21H15BrN2O3S/c22-14-8-6-13(7-9-14)19(25)17-18(16-5-1-2-10-23-16)24(21(27)20(17)26)12-15-4-3-11-28-15/h1-11,18,25H,12H2/b19-17-. The first kappa shape index (κ1) is 18.6. The van der Waals surface area contributed by atoms with Gasteiger partial charge in [-0.2, -0.15) is 0 Å². The van der Waals surface area contributed by atoms with E-state index >= 15 is 0 Å². The molecule has 1 N–H and O–H groups in total. The van der Waals surface area contributed by atoms with Gasteiger partial charge in [0.25, 0.3) is 11.7 Å². The third-order valence-electron chi connectivity index (χ3n) is 4.53. The minimum absolute atomic E-state index is 0.0579. The van der Waals surface area contributed by atoms with Crippen LogP contribution in [-0.2, 0) is 16.1 Å². The molecule has 7 heteroatoms. The first-order valence-electron chi connectivity index (χ1n) is 8.54. The Morgan fingerprint density at radius 3 is 2.54 bits per heavy atom. The highest BCUT2D eigenvalue weighted by atomic mass is 79.9. The zero-order valence-electron chi connectivity index (χ0n) is 14.6. The van der Waals surface area contributed by atoms with Gasteiger partial charge in [-0.25, -0.2) is 0 Å². The number of aliphatic hydroxyl groups is 1. The van der Waals surface area contributed by atoms with Gasteiger partial charge in [-0.1, -0.05) is 40.2 Å². The third-order valence-corrected chi connectivity index (χ3v) is 5.92. The van der Waals surface area contributed by atoms with Crippen LogP contribution in [0.15, 0.2) is 76.2 Å². The highest BCUT2D eigenvalue weighted by molar-refractivity contribution is 9.10. The Labute approximate surface area is 174 Å². The Bertz CT molecular complexity index is 1050. The lowest BCUT2D eigenvalue weighted by Gasteiger charge is -2.24. The fourth-order valence-electron chi connectivity index (χ4n) is 3.22. The second kappa shape index (κ2) is 7.69. The number of pyridine rings is 1. The molecule has 1 atom stereocenters. The molecule has 1 unspecified atom stereocenters. The Hall–Kier alpha value is -2.77. The third kappa shape index (κ3) is 3.39. The van der Waals surface area contributed by atoms with Crippen molar-refractivity contribution in [1.82, 2.24) is 9.88 Å². The van der Waals surface area contributed by atoms with Gasteiger partial charge in [-0.05, 0) is 35.7 Å². The van der Waals surface area contributed by atoms with E-state index in [1.165, 1.54) is 16.2 Å². The maximum atomic E-state index is 12.9. The summed E-state index contributed by atoms with van der Waals surface area (Å²) in [6.07, 6.45) is 1.61. The van der Waals surface area contributed by atoms with E-state index in [1.807, 2.05) is 17.5 Å². The van der Waals surface area contributed by atoms with Crippen LogP contribution in [0, 0.1) is 0 Å². The van der Waals surface area contributed by atoms with Crippen molar-refractivity contribution in [3.63, 3.8) is 0 Å². The van der Waals surface area contributed by atoms with Crippen LogP contribution in [-0.4, -0.2) is 26.7 Å². The summed E-state index contributed by atoms with van der Waals surface area (Å²) in [5, 5.41) is 12.8. The summed E-state index contributed by atoms with van der Waals surface area (Å²) < 4.78 is 0.850. The van der Waals surface area contributed by atoms with Crippen LogP contribution >= 0.6 is 27.3 Å². The summed E-state index contributed by atoms with van der Waals surface area (Å²) in [6.45, 7) is 0.278. The number of amides is 1. The second-order valence-corrected chi connectivity index (χ2v) is 8.22. The molecule has 3 aromatic rings. The largest absolute Gasteiger partial charge is 0.507 e.